The fourth-order valence-corrected chi connectivity index (χ4v) is 3.24. The van der Waals surface area contributed by atoms with E-state index in [1.807, 2.05) is 42.7 Å². The first-order valence-corrected chi connectivity index (χ1v) is 8.65. The van der Waals surface area contributed by atoms with Crippen molar-refractivity contribution in [3.63, 3.8) is 0 Å². The molecule has 0 aliphatic carbocycles. The number of aryl methyl sites for hydroxylation is 2. The normalized spacial score (nSPS) is 11.0. The molecule has 2 N–H and O–H groups in total. The molecule has 0 bridgehead atoms. The van der Waals surface area contributed by atoms with Crippen LogP contribution in [0.1, 0.15) is 12.5 Å². The number of amides is 1. The second kappa shape index (κ2) is 6.88. The van der Waals surface area contributed by atoms with Crippen LogP contribution in [0, 0.1) is 0 Å². The fraction of sp³-hybridized carbons (Fsp3) is 0.143. The minimum absolute atomic E-state index is 0.0713. The Labute approximate surface area is 151 Å². The molecule has 130 valence electrons. The van der Waals surface area contributed by atoms with Gasteiger partial charge in [0.2, 0.25) is 5.91 Å². The predicted molar refractivity (Wildman–Crippen MR) is 104 cm³/mol. The predicted octanol–water partition coefficient (Wildman–Crippen LogP) is 4.23. The molecule has 5 heteroatoms. The summed E-state index contributed by atoms with van der Waals surface area (Å²) in [5.41, 5.74) is 4.30. The third-order valence-corrected chi connectivity index (χ3v) is 4.48. The fourth-order valence-electron chi connectivity index (χ4n) is 3.24. The zero-order chi connectivity index (χ0) is 17.9. The summed E-state index contributed by atoms with van der Waals surface area (Å²) in [7, 11) is 0. The molecule has 0 aliphatic rings. The Balaban J connectivity index is 1.52. The molecule has 0 fully saturated rings. The summed E-state index contributed by atoms with van der Waals surface area (Å²) in [6.07, 6.45) is 6.85. The van der Waals surface area contributed by atoms with Gasteiger partial charge in [-0.1, -0.05) is 18.2 Å². The van der Waals surface area contributed by atoms with Crippen molar-refractivity contribution in [3.8, 4) is 11.4 Å². The van der Waals surface area contributed by atoms with Crippen molar-refractivity contribution in [1.82, 2.24) is 14.5 Å². The average molecular weight is 344 g/mol. The first-order chi connectivity index (χ1) is 12.7. The van der Waals surface area contributed by atoms with E-state index in [9.17, 15) is 4.79 Å². The van der Waals surface area contributed by atoms with Gasteiger partial charge in [-0.05, 0) is 42.3 Å². The Hall–Kier alpha value is -3.34. The largest absolute Gasteiger partial charge is 0.361 e. The van der Waals surface area contributed by atoms with Gasteiger partial charge in [-0.15, -0.1) is 0 Å². The Morgan fingerprint density at radius 2 is 1.96 bits per heavy atom. The van der Waals surface area contributed by atoms with E-state index in [4.69, 9.17) is 0 Å². The molecular weight excluding hydrogens is 324 g/mol. The maximum absolute atomic E-state index is 11.1. The molecule has 0 saturated heterocycles. The first-order valence-electron chi connectivity index (χ1n) is 8.65. The van der Waals surface area contributed by atoms with Crippen LogP contribution in [0.25, 0.3) is 22.3 Å². The van der Waals surface area contributed by atoms with Crippen molar-refractivity contribution in [2.75, 3.05) is 5.32 Å². The van der Waals surface area contributed by atoms with Crippen molar-refractivity contribution in [2.24, 2.45) is 0 Å². The number of rotatable bonds is 5. The molecule has 0 spiro atoms. The van der Waals surface area contributed by atoms with E-state index >= 15 is 0 Å². The number of hydrogen-bond acceptors (Lipinski definition) is 2. The zero-order valence-corrected chi connectivity index (χ0v) is 14.6. The van der Waals surface area contributed by atoms with Crippen LogP contribution in [0.5, 0.6) is 0 Å². The van der Waals surface area contributed by atoms with Gasteiger partial charge in [0.25, 0.3) is 0 Å². The van der Waals surface area contributed by atoms with Crippen molar-refractivity contribution in [3.05, 3.63) is 72.7 Å². The van der Waals surface area contributed by atoms with Gasteiger partial charge in [-0.2, -0.15) is 0 Å². The van der Waals surface area contributed by atoms with Crippen LogP contribution in [-0.2, 0) is 17.8 Å². The van der Waals surface area contributed by atoms with Gasteiger partial charge in [0, 0.05) is 54.2 Å². The van der Waals surface area contributed by atoms with Crippen molar-refractivity contribution in [2.45, 2.75) is 19.9 Å². The second-order valence-electron chi connectivity index (χ2n) is 6.31. The SMILES string of the molecule is CC(=O)Nc1ccc(-c2nccn2CCc2c[nH]c3ccccc23)cc1. The quantitative estimate of drug-likeness (QED) is 0.569. The highest BCUT2D eigenvalue weighted by Gasteiger charge is 2.08. The number of fused-ring (bicyclic) bond motifs is 1. The number of carbonyl (C=O) groups is 1. The minimum Gasteiger partial charge on any atom is -0.361 e. The van der Waals surface area contributed by atoms with Gasteiger partial charge >= 0.3 is 0 Å². The lowest BCUT2D eigenvalue weighted by molar-refractivity contribution is -0.114. The lowest BCUT2D eigenvalue weighted by Crippen LogP contribution is -2.05. The third-order valence-electron chi connectivity index (χ3n) is 4.48. The van der Waals surface area contributed by atoms with Crippen LogP contribution in [0.2, 0.25) is 0 Å². The molecule has 0 saturated carbocycles. The highest BCUT2D eigenvalue weighted by Crippen LogP contribution is 2.22. The van der Waals surface area contributed by atoms with E-state index in [2.05, 4.69) is 44.2 Å². The molecule has 0 unspecified atom stereocenters. The smallest absolute Gasteiger partial charge is 0.221 e. The number of para-hydroxylation sites is 1. The zero-order valence-electron chi connectivity index (χ0n) is 14.6. The highest BCUT2D eigenvalue weighted by molar-refractivity contribution is 5.88. The number of carbonyl (C=O) groups excluding carboxylic acids is 1. The van der Waals surface area contributed by atoms with Crippen LogP contribution in [0.4, 0.5) is 5.69 Å². The van der Waals surface area contributed by atoms with Gasteiger partial charge in [0.05, 0.1) is 0 Å². The third kappa shape index (κ3) is 3.24. The Morgan fingerprint density at radius 3 is 2.77 bits per heavy atom. The number of nitrogens with zero attached hydrogens (tertiary/aromatic N) is 2. The number of anilines is 1. The van der Waals surface area contributed by atoms with Crippen LogP contribution in [0.15, 0.2) is 67.1 Å². The summed E-state index contributed by atoms with van der Waals surface area (Å²) in [5.74, 6) is 0.859. The van der Waals surface area contributed by atoms with Gasteiger partial charge < -0.3 is 14.9 Å². The Bertz CT molecular complexity index is 1040. The summed E-state index contributed by atoms with van der Waals surface area (Å²) in [4.78, 5) is 19.0. The Kier molecular flexibility index (Phi) is 4.27. The summed E-state index contributed by atoms with van der Waals surface area (Å²) in [6, 6.07) is 16.1. The summed E-state index contributed by atoms with van der Waals surface area (Å²) >= 11 is 0. The molecule has 1 amide bonds. The molecule has 4 rings (SSSR count). The maximum atomic E-state index is 11.1. The lowest BCUT2D eigenvalue weighted by atomic mass is 10.1. The molecule has 26 heavy (non-hydrogen) atoms. The highest BCUT2D eigenvalue weighted by atomic mass is 16.1. The topological polar surface area (TPSA) is 62.7 Å². The van der Waals surface area contributed by atoms with Gasteiger partial charge in [-0.25, -0.2) is 4.98 Å². The Morgan fingerprint density at radius 1 is 1.15 bits per heavy atom. The lowest BCUT2D eigenvalue weighted by Gasteiger charge is -2.09. The number of benzene rings is 2. The molecule has 2 aromatic carbocycles. The van der Waals surface area contributed by atoms with Crippen LogP contribution < -0.4 is 5.32 Å². The van der Waals surface area contributed by atoms with Crippen LogP contribution in [-0.4, -0.2) is 20.4 Å². The molecule has 5 nitrogen and oxygen atoms in total. The van der Waals surface area contributed by atoms with Crippen LogP contribution in [0.3, 0.4) is 0 Å². The number of H-pyrrole nitrogens is 1. The molecule has 2 heterocycles. The molecule has 0 atom stereocenters. The summed E-state index contributed by atoms with van der Waals surface area (Å²) in [6.45, 7) is 2.36. The summed E-state index contributed by atoms with van der Waals surface area (Å²) < 4.78 is 2.16. The molecule has 2 aromatic heterocycles. The van der Waals surface area contributed by atoms with Gasteiger partial charge in [0.1, 0.15) is 5.82 Å². The maximum Gasteiger partial charge on any atom is 0.221 e. The van der Waals surface area contributed by atoms with Gasteiger partial charge in [0.15, 0.2) is 0 Å². The monoisotopic (exact) mass is 344 g/mol. The number of imidazole rings is 1. The van der Waals surface area contributed by atoms with E-state index in [0.29, 0.717) is 0 Å². The average Bonchev–Trinajstić information content (AvgIpc) is 3.27. The van der Waals surface area contributed by atoms with E-state index in [1.54, 1.807) is 0 Å². The molecular formula is C21H20N4O. The van der Waals surface area contributed by atoms with E-state index in [0.717, 1.165) is 30.0 Å². The number of aromatic nitrogens is 3. The van der Waals surface area contributed by atoms with E-state index < -0.39 is 0 Å². The van der Waals surface area contributed by atoms with Crippen molar-refractivity contribution >= 4 is 22.5 Å². The molecule has 0 aliphatic heterocycles. The van der Waals surface area contributed by atoms with E-state index in [1.165, 1.54) is 23.4 Å². The summed E-state index contributed by atoms with van der Waals surface area (Å²) in [5, 5.41) is 4.06. The van der Waals surface area contributed by atoms with Gasteiger partial charge in [-0.3, -0.25) is 4.79 Å². The first kappa shape index (κ1) is 16.1. The number of nitrogens with one attached hydrogen (secondary N) is 2. The standard InChI is InChI=1S/C21H20N4O/c1-15(26)24-18-8-6-16(7-9-18)21-22-11-13-25(21)12-10-17-14-23-20-5-3-2-4-19(17)20/h2-9,11,13-14,23H,10,12H2,1H3,(H,24,26). The second-order valence-corrected chi connectivity index (χ2v) is 6.31. The van der Waals surface area contributed by atoms with Crippen LogP contribution >= 0.6 is 0 Å². The molecule has 0 radical (unpaired) electrons. The van der Waals surface area contributed by atoms with Crippen molar-refractivity contribution < 1.29 is 4.79 Å². The molecule has 4 aromatic rings. The number of aromatic amines is 1. The van der Waals surface area contributed by atoms with E-state index in [-0.39, 0.29) is 5.91 Å². The minimum atomic E-state index is -0.0713. The number of hydrogen-bond donors (Lipinski definition) is 2. The van der Waals surface area contributed by atoms with Crippen molar-refractivity contribution in [1.29, 1.82) is 0 Å².